The highest BCUT2D eigenvalue weighted by Gasteiger charge is 2.15. The molecule has 0 bridgehead atoms. The second kappa shape index (κ2) is 5.93. The highest BCUT2D eigenvalue weighted by molar-refractivity contribution is 7.13. The number of carbonyl (C=O) groups excluding carboxylic acids is 1. The summed E-state index contributed by atoms with van der Waals surface area (Å²) in [6.07, 6.45) is 1.47. The third-order valence-electron chi connectivity index (χ3n) is 2.23. The van der Waals surface area contributed by atoms with Crippen LogP contribution in [0.3, 0.4) is 0 Å². The van der Waals surface area contributed by atoms with E-state index in [1.165, 1.54) is 17.5 Å². The Morgan fingerprint density at radius 3 is 3.00 bits per heavy atom. The lowest BCUT2D eigenvalue weighted by Crippen LogP contribution is -2.10. The number of rotatable bonds is 4. The normalized spacial score (nSPS) is 10.3. The van der Waals surface area contributed by atoms with Crippen LogP contribution in [0.1, 0.15) is 23.0 Å². The quantitative estimate of drug-likeness (QED) is 0.639. The number of alkyl halides is 1. The second-order valence-electron chi connectivity index (χ2n) is 3.39. The fourth-order valence-corrected chi connectivity index (χ4v) is 2.29. The first kappa shape index (κ1) is 13.0. The Labute approximate surface area is 114 Å². The summed E-state index contributed by atoms with van der Waals surface area (Å²) in [6, 6.07) is 3.84. The maximum absolute atomic E-state index is 11.7. The predicted molar refractivity (Wildman–Crippen MR) is 70.9 cm³/mol. The van der Waals surface area contributed by atoms with Crippen molar-refractivity contribution in [2.75, 3.05) is 6.61 Å². The van der Waals surface area contributed by atoms with Gasteiger partial charge in [0.2, 0.25) is 0 Å². The van der Waals surface area contributed by atoms with Crippen molar-refractivity contribution in [3.63, 3.8) is 0 Å². The number of esters is 1. The minimum Gasteiger partial charge on any atom is -0.462 e. The molecule has 18 heavy (non-hydrogen) atoms. The van der Waals surface area contributed by atoms with Crippen LogP contribution < -0.4 is 0 Å². The zero-order valence-electron chi connectivity index (χ0n) is 9.72. The van der Waals surface area contributed by atoms with E-state index in [1.54, 1.807) is 6.92 Å². The van der Waals surface area contributed by atoms with Crippen molar-refractivity contribution in [2.45, 2.75) is 12.8 Å². The Hall–Kier alpha value is -1.46. The van der Waals surface area contributed by atoms with Crippen molar-refractivity contribution in [1.82, 2.24) is 9.97 Å². The lowest BCUT2D eigenvalue weighted by Gasteiger charge is -2.06. The molecule has 0 amide bonds. The molecule has 0 radical (unpaired) electrons. The summed E-state index contributed by atoms with van der Waals surface area (Å²) in [7, 11) is 0. The van der Waals surface area contributed by atoms with Gasteiger partial charge in [-0.15, -0.1) is 22.9 Å². The SMILES string of the molecule is CCOC(=O)c1cnc(-c2cccs2)nc1CCl. The number of nitrogens with zero attached hydrogens (tertiary/aromatic N) is 2. The standard InChI is InChI=1S/C12H11ClN2O2S/c1-2-17-12(16)8-7-14-11(15-9(8)6-13)10-4-3-5-18-10/h3-5,7H,2,6H2,1H3. The summed E-state index contributed by atoms with van der Waals surface area (Å²) in [5, 5.41) is 1.94. The number of aromatic nitrogens is 2. The van der Waals surface area contributed by atoms with Crippen molar-refractivity contribution in [3.8, 4) is 10.7 Å². The minimum atomic E-state index is -0.439. The van der Waals surface area contributed by atoms with Crippen LogP contribution in [0.15, 0.2) is 23.7 Å². The molecule has 94 valence electrons. The van der Waals surface area contributed by atoms with Crippen molar-refractivity contribution in [1.29, 1.82) is 0 Å². The molecule has 2 heterocycles. The van der Waals surface area contributed by atoms with Gasteiger partial charge in [-0.05, 0) is 18.4 Å². The van der Waals surface area contributed by atoms with E-state index in [1.807, 2.05) is 17.5 Å². The average molecular weight is 283 g/mol. The highest BCUT2D eigenvalue weighted by atomic mass is 35.5. The fourth-order valence-electron chi connectivity index (χ4n) is 1.42. The van der Waals surface area contributed by atoms with Gasteiger partial charge in [-0.1, -0.05) is 6.07 Å². The Balaban J connectivity index is 2.37. The van der Waals surface area contributed by atoms with Crippen LogP contribution >= 0.6 is 22.9 Å². The van der Waals surface area contributed by atoms with Gasteiger partial charge < -0.3 is 4.74 Å². The first-order valence-corrected chi connectivity index (χ1v) is 6.80. The molecule has 2 aromatic heterocycles. The number of carbonyl (C=O) groups is 1. The Morgan fingerprint density at radius 1 is 1.56 bits per heavy atom. The molecule has 0 saturated heterocycles. The molecule has 6 heteroatoms. The van der Waals surface area contributed by atoms with Gasteiger partial charge in [0.15, 0.2) is 5.82 Å². The fraction of sp³-hybridized carbons (Fsp3) is 0.250. The summed E-state index contributed by atoms with van der Waals surface area (Å²) < 4.78 is 4.93. The van der Waals surface area contributed by atoms with E-state index in [9.17, 15) is 4.79 Å². The van der Waals surface area contributed by atoms with Crippen molar-refractivity contribution < 1.29 is 9.53 Å². The van der Waals surface area contributed by atoms with E-state index in [-0.39, 0.29) is 5.88 Å². The van der Waals surface area contributed by atoms with Gasteiger partial charge in [0.05, 0.1) is 23.1 Å². The van der Waals surface area contributed by atoms with Crippen LogP contribution in [0.25, 0.3) is 10.7 Å². The summed E-state index contributed by atoms with van der Waals surface area (Å²) in [6.45, 7) is 2.06. The third-order valence-corrected chi connectivity index (χ3v) is 3.35. The molecule has 0 aliphatic carbocycles. The molecule has 0 unspecified atom stereocenters. The molecule has 0 aliphatic heterocycles. The van der Waals surface area contributed by atoms with Crippen LogP contribution in [0, 0.1) is 0 Å². The third kappa shape index (κ3) is 2.68. The predicted octanol–water partition coefficient (Wildman–Crippen LogP) is 3.12. The Bertz CT molecular complexity index is 543. The second-order valence-corrected chi connectivity index (χ2v) is 4.60. The van der Waals surface area contributed by atoms with Crippen LogP contribution in [-0.4, -0.2) is 22.5 Å². The van der Waals surface area contributed by atoms with Gasteiger partial charge in [0, 0.05) is 6.20 Å². The molecule has 2 rings (SSSR count). The van der Waals surface area contributed by atoms with Crippen molar-refractivity contribution >= 4 is 28.9 Å². The number of ether oxygens (including phenoxy) is 1. The van der Waals surface area contributed by atoms with Crippen molar-refractivity contribution in [3.05, 3.63) is 35.0 Å². The number of hydrogen-bond donors (Lipinski definition) is 0. The molecule has 0 atom stereocenters. The number of halogens is 1. The Morgan fingerprint density at radius 2 is 2.39 bits per heavy atom. The summed E-state index contributed by atoms with van der Waals surface area (Å²) in [5.74, 6) is 0.286. The Kier molecular flexibility index (Phi) is 4.28. The van der Waals surface area contributed by atoms with Gasteiger partial charge in [-0.3, -0.25) is 0 Å². The molecule has 0 fully saturated rings. The average Bonchev–Trinajstić information content (AvgIpc) is 2.92. The topological polar surface area (TPSA) is 52.1 Å². The van der Waals surface area contributed by atoms with Crippen molar-refractivity contribution in [2.24, 2.45) is 0 Å². The van der Waals surface area contributed by atoms with E-state index in [0.29, 0.717) is 23.7 Å². The molecule has 0 aliphatic rings. The lowest BCUT2D eigenvalue weighted by atomic mass is 10.2. The van der Waals surface area contributed by atoms with Crippen LogP contribution in [-0.2, 0) is 10.6 Å². The van der Waals surface area contributed by atoms with Crippen LogP contribution in [0.5, 0.6) is 0 Å². The molecular formula is C12H11ClN2O2S. The van der Waals surface area contributed by atoms with Crippen LogP contribution in [0.2, 0.25) is 0 Å². The zero-order chi connectivity index (χ0) is 13.0. The van der Waals surface area contributed by atoms with E-state index >= 15 is 0 Å². The molecular weight excluding hydrogens is 272 g/mol. The zero-order valence-corrected chi connectivity index (χ0v) is 11.3. The first-order valence-electron chi connectivity index (χ1n) is 5.39. The summed E-state index contributed by atoms with van der Waals surface area (Å²) >= 11 is 7.35. The molecule has 0 spiro atoms. The van der Waals surface area contributed by atoms with E-state index in [0.717, 1.165) is 4.88 Å². The molecule has 4 nitrogen and oxygen atoms in total. The maximum atomic E-state index is 11.7. The van der Waals surface area contributed by atoms with Gasteiger partial charge in [-0.25, -0.2) is 14.8 Å². The smallest absolute Gasteiger partial charge is 0.341 e. The van der Waals surface area contributed by atoms with E-state index in [2.05, 4.69) is 9.97 Å². The minimum absolute atomic E-state index is 0.148. The lowest BCUT2D eigenvalue weighted by molar-refractivity contribution is 0.0524. The van der Waals surface area contributed by atoms with E-state index < -0.39 is 5.97 Å². The summed E-state index contributed by atoms with van der Waals surface area (Å²) in [5.41, 5.74) is 0.820. The van der Waals surface area contributed by atoms with E-state index in [4.69, 9.17) is 16.3 Å². The van der Waals surface area contributed by atoms with Gasteiger partial charge in [-0.2, -0.15) is 0 Å². The largest absolute Gasteiger partial charge is 0.462 e. The highest BCUT2D eigenvalue weighted by Crippen LogP contribution is 2.22. The first-order chi connectivity index (χ1) is 8.76. The van der Waals surface area contributed by atoms with Crippen LogP contribution in [0.4, 0.5) is 0 Å². The molecule has 0 N–H and O–H groups in total. The molecule has 0 saturated carbocycles. The molecule has 0 aromatic carbocycles. The van der Waals surface area contributed by atoms with Gasteiger partial charge >= 0.3 is 5.97 Å². The number of thiophene rings is 1. The number of hydrogen-bond acceptors (Lipinski definition) is 5. The molecule has 2 aromatic rings. The van der Waals surface area contributed by atoms with Gasteiger partial charge in [0.25, 0.3) is 0 Å². The summed E-state index contributed by atoms with van der Waals surface area (Å²) in [4.78, 5) is 21.1. The monoisotopic (exact) mass is 282 g/mol. The van der Waals surface area contributed by atoms with Gasteiger partial charge in [0.1, 0.15) is 5.56 Å². The maximum Gasteiger partial charge on any atom is 0.341 e.